The van der Waals surface area contributed by atoms with Crippen LogP contribution in [0.25, 0.3) is 0 Å². The van der Waals surface area contributed by atoms with Crippen LogP contribution in [0.3, 0.4) is 0 Å². The Labute approximate surface area is 178 Å². The first-order valence-electron chi connectivity index (χ1n) is 10.8. The van der Waals surface area contributed by atoms with E-state index < -0.39 is 0 Å². The molecule has 0 atom stereocenters. The van der Waals surface area contributed by atoms with Crippen LogP contribution in [0.4, 0.5) is 5.69 Å². The van der Waals surface area contributed by atoms with Gasteiger partial charge in [-0.2, -0.15) is 0 Å². The average molecular weight is 415 g/mol. The Kier molecular flexibility index (Phi) is 6.46. The second-order valence-corrected chi connectivity index (χ2v) is 8.52. The summed E-state index contributed by atoms with van der Waals surface area (Å²) in [6, 6.07) is 8.12. The molecule has 0 unspecified atom stereocenters. The molecule has 1 aromatic heterocycles. The minimum atomic E-state index is 0.220. The predicted molar refractivity (Wildman–Crippen MR) is 119 cm³/mol. The number of carbonyl (C=O) groups excluding carboxylic acids is 1. The average Bonchev–Trinajstić information content (AvgIpc) is 3.10. The zero-order chi connectivity index (χ0) is 20.2. The fourth-order valence-corrected chi connectivity index (χ4v) is 4.57. The summed E-state index contributed by atoms with van der Waals surface area (Å²) in [6.45, 7) is 10.0. The molecule has 1 aromatic carbocycles. The molecule has 1 saturated heterocycles. The van der Waals surface area contributed by atoms with Crippen LogP contribution >= 0.6 is 11.6 Å². The maximum absolute atomic E-state index is 13.0. The predicted octanol–water partition coefficient (Wildman–Crippen LogP) is 3.76. The fourth-order valence-electron chi connectivity index (χ4n) is 4.44. The van der Waals surface area contributed by atoms with Crippen molar-refractivity contribution in [2.24, 2.45) is 0 Å². The van der Waals surface area contributed by atoms with Gasteiger partial charge in [-0.3, -0.25) is 9.69 Å². The van der Waals surface area contributed by atoms with E-state index in [0.717, 1.165) is 82.2 Å². The number of piperazine rings is 1. The lowest BCUT2D eigenvalue weighted by atomic mass is 10.1. The first-order chi connectivity index (χ1) is 14.1. The van der Waals surface area contributed by atoms with Crippen molar-refractivity contribution in [1.82, 2.24) is 14.4 Å². The smallest absolute Gasteiger partial charge is 0.255 e. The van der Waals surface area contributed by atoms with E-state index in [9.17, 15) is 4.79 Å². The lowest BCUT2D eigenvalue weighted by molar-refractivity contribution is 0.0752. The van der Waals surface area contributed by atoms with E-state index in [4.69, 9.17) is 11.6 Å². The summed E-state index contributed by atoms with van der Waals surface area (Å²) in [6.07, 6.45) is 7.29. The molecule has 1 fully saturated rings. The van der Waals surface area contributed by atoms with Gasteiger partial charge < -0.3 is 14.4 Å². The van der Waals surface area contributed by atoms with E-state index in [0.29, 0.717) is 0 Å². The van der Waals surface area contributed by atoms with Crippen molar-refractivity contribution in [2.75, 3.05) is 50.7 Å². The Hall–Kier alpha value is -1.98. The van der Waals surface area contributed by atoms with Crippen molar-refractivity contribution < 1.29 is 4.79 Å². The van der Waals surface area contributed by atoms with Crippen LogP contribution in [0.2, 0.25) is 5.02 Å². The number of hydrogen-bond acceptors (Lipinski definition) is 3. The molecular formula is C23H31ClN4O. The lowest BCUT2D eigenvalue weighted by Gasteiger charge is -2.36. The third-order valence-corrected chi connectivity index (χ3v) is 6.44. The molecule has 0 N–H and O–H groups in total. The third kappa shape index (κ3) is 4.78. The SMILES string of the molecule is CCn1cc2c(c1)C(=O)N(CCCN1CCN(c3ccc(Cl)cc3)CC1)CCC2. The Morgan fingerprint density at radius 3 is 2.45 bits per heavy atom. The molecule has 29 heavy (non-hydrogen) atoms. The van der Waals surface area contributed by atoms with E-state index in [1.165, 1.54) is 11.3 Å². The topological polar surface area (TPSA) is 31.7 Å². The molecule has 0 spiro atoms. The van der Waals surface area contributed by atoms with Crippen LogP contribution < -0.4 is 4.90 Å². The molecule has 1 amide bonds. The Morgan fingerprint density at radius 2 is 1.72 bits per heavy atom. The van der Waals surface area contributed by atoms with E-state index >= 15 is 0 Å². The van der Waals surface area contributed by atoms with Crippen molar-refractivity contribution in [2.45, 2.75) is 32.7 Å². The fraction of sp³-hybridized carbons (Fsp3) is 0.522. The summed E-state index contributed by atoms with van der Waals surface area (Å²) in [5, 5.41) is 0.786. The quantitative estimate of drug-likeness (QED) is 0.721. The maximum Gasteiger partial charge on any atom is 0.255 e. The summed E-state index contributed by atoms with van der Waals surface area (Å²) in [4.78, 5) is 20.0. The van der Waals surface area contributed by atoms with Crippen molar-refractivity contribution >= 4 is 23.2 Å². The maximum atomic E-state index is 13.0. The van der Waals surface area contributed by atoms with Gasteiger partial charge in [0.15, 0.2) is 0 Å². The molecule has 5 nitrogen and oxygen atoms in total. The van der Waals surface area contributed by atoms with Crippen molar-refractivity contribution in [3.63, 3.8) is 0 Å². The molecule has 0 aliphatic carbocycles. The number of amides is 1. The van der Waals surface area contributed by atoms with Gasteiger partial charge in [-0.1, -0.05) is 11.6 Å². The Balaban J connectivity index is 1.24. The van der Waals surface area contributed by atoms with Crippen molar-refractivity contribution in [3.05, 3.63) is 52.8 Å². The molecule has 0 saturated carbocycles. The molecule has 6 heteroatoms. The van der Waals surface area contributed by atoms with Gasteiger partial charge >= 0.3 is 0 Å². The molecule has 4 rings (SSSR count). The van der Waals surface area contributed by atoms with Crippen LogP contribution in [0.1, 0.15) is 35.7 Å². The van der Waals surface area contributed by atoms with E-state index in [1.807, 2.05) is 18.3 Å². The molecule has 0 radical (unpaired) electrons. The molecule has 3 heterocycles. The van der Waals surface area contributed by atoms with Crippen molar-refractivity contribution in [1.29, 1.82) is 0 Å². The Morgan fingerprint density at radius 1 is 0.966 bits per heavy atom. The van der Waals surface area contributed by atoms with Gasteiger partial charge in [-0.25, -0.2) is 0 Å². The van der Waals surface area contributed by atoms with Crippen LogP contribution in [-0.2, 0) is 13.0 Å². The number of aromatic nitrogens is 1. The summed E-state index contributed by atoms with van der Waals surface area (Å²) < 4.78 is 2.13. The molecule has 2 aromatic rings. The number of aryl methyl sites for hydroxylation is 2. The summed E-state index contributed by atoms with van der Waals surface area (Å²) in [7, 11) is 0. The summed E-state index contributed by atoms with van der Waals surface area (Å²) in [5.41, 5.74) is 3.39. The van der Waals surface area contributed by atoms with Gasteiger partial charge in [0.2, 0.25) is 0 Å². The minimum Gasteiger partial charge on any atom is -0.369 e. The zero-order valence-corrected chi connectivity index (χ0v) is 18.1. The van der Waals surface area contributed by atoms with Gasteiger partial charge in [-0.15, -0.1) is 0 Å². The minimum absolute atomic E-state index is 0.220. The standard InChI is InChI=1S/C23H31ClN4O/c1-2-25-17-19-5-3-11-28(23(29)22(19)18-25)12-4-10-26-13-15-27(16-14-26)21-8-6-20(24)7-9-21/h6-9,17-18H,2-5,10-16H2,1H3. The summed E-state index contributed by atoms with van der Waals surface area (Å²) in [5.74, 6) is 0.220. The second kappa shape index (κ2) is 9.23. The van der Waals surface area contributed by atoms with Crippen molar-refractivity contribution in [3.8, 4) is 0 Å². The first-order valence-corrected chi connectivity index (χ1v) is 11.2. The third-order valence-electron chi connectivity index (χ3n) is 6.19. The highest BCUT2D eigenvalue weighted by Crippen LogP contribution is 2.21. The second-order valence-electron chi connectivity index (χ2n) is 8.08. The lowest BCUT2D eigenvalue weighted by Crippen LogP contribution is -2.47. The van der Waals surface area contributed by atoms with Crippen LogP contribution in [0.15, 0.2) is 36.7 Å². The molecule has 0 bridgehead atoms. The largest absolute Gasteiger partial charge is 0.369 e. The number of halogens is 1. The van der Waals surface area contributed by atoms with Gasteiger partial charge in [0.1, 0.15) is 0 Å². The highest BCUT2D eigenvalue weighted by Gasteiger charge is 2.24. The number of benzene rings is 1. The number of hydrogen-bond donors (Lipinski definition) is 0. The molecule has 2 aliphatic heterocycles. The van der Waals surface area contributed by atoms with Crippen LogP contribution in [0.5, 0.6) is 0 Å². The number of rotatable bonds is 6. The van der Waals surface area contributed by atoms with Gasteiger partial charge in [0, 0.05) is 68.9 Å². The molecule has 2 aliphatic rings. The van der Waals surface area contributed by atoms with Crippen LogP contribution in [0, 0.1) is 0 Å². The van der Waals surface area contributed by atoms with E-state index in [-0.39, 0.29) is 5.91 Å². The highest BCUT2D eigenvalue weighted by atomic mass is 35.5. The molecule has 156 valence electrons. The number of carbonyl (C=O) groups is 1. The van der Waals surface area contributed by atoms with Gasteiger partial charge in [0.05, 0.1) is 5.56 Å². The van der Waals surface area contributed by atoms with E-state index in [2.05, 4.69) is 44.5 Å². The summed E-state index contributed by atoms with van der Waals surface area (Å²) >= 11 is 6.00. The number of nitrogens with zero attached hydrogens (tertiary/aromatic N) is 4. The normalized spacial score (nSPS) is 18.1. The monoisotopic (exact) mass is 414 g/mol. The first kappa shape index (κ1) is 20.3. The Bertz CT molecular complexity index is 824. The molecular weight excluding hydrogens is 384 g/mol. The number of fused-ring (bicyclic) bond motifs is 1. The van der Waals surface area contributed by atoms with Gasteiger partial charge in [0.25, 0.3) is 5.91 Å². The highest BCUT2D eigenvalue weighted by molar-refractivity contribution is 6.30. The van der Waals surface area contributed by atoms with E-state index in [1.54, 1.807) is 0 Å². The van der Waals surface area contributed by atoms with Gasteiger partial charge in [-0.05, 0) is 62.6 Å². The number of anilines is 1. The van der Waals surface area contributed by atoms with Crippen LogP contribution in [-0.4, -0.2) is 66.1 Å². The zero-order valence-electron chi connectivity index (χ0n) is 17.3.